The van der Waals surface area contributed by atoms with Gasteiger partial charge in [-0.05, 0) is 18.6 Å². The summed E-state index contributed by atoms with van der Waals surface area (Å²) < 4.78 is 4.98. The predicted molar refractivity (Wildman–Crippen MR) is 57.4 cm³/mol. The molecule has 0 aromatic carbocycles. The van der Waals surface area contributed by atoms with Crippen LogP contribution in [0.3, 0.4) is 0 Å². The van der Waals surface area contributed by atoms with Gasteiger partial charge in [-0.25, -0.2) is 0 Å². The van der Waals surface area contributed by atoms with E-state index in [4.69, 9.17) is 4.74 Å². The molecule has 0 bridgehead atoms. The van der Waals surface area contributed by atoms with Crippen LogP contribution < -0.4 is 5.32 Å². The molecule has 80 valence electrons. The Hall–Kier alpha value is -0.220. The Bertz CT molecular complexity index is 216. The van der Waals surface area contributed by atoms with Crippen molar-refractivity contribution in [2.75, 3.05) is 18.9 Å². The number of rotatable bonds is 3. The molecule has 1 N–H and O–H groups in total. The maximum Gasteiger partial charge on any atom is 0.323 e. The lowest BCUT2D eigenvalue weighted by Gasteiger charge is -2.15. The molecule has 3 atom stereocenters. The molecule has 0 saturated carbocycles. The highest BCUT2D eigenvalue weighted by molar-refractivity contribution is 8.00. The summed E-state index contributed by atoms with van der Waals surface area (Å²) in [5.41, 5.74) is 0. The molecular formula is C10H17NO2S. The number of esters is 1. The quantitative estimate of drug-likeness (QED) is 0.714. The van der Waals surface area contributed by atoms with Crippen molar-refractivity contribution in [3.05, 3.63) is 0 Å². The first-order chi connectivity index (χ1) is 6.77. The third-order valence-electron chi connectivity index (χ3n) is 2.90. The second kappa shape index (κ2) is 4.53. The van der Waals surface area contributed by atoms with Crippen molar-refractivity contribution in [2.45, 2.75) is 31.1 Å². The van der Waals surface area contributed by atoms with E-state index in [9.17, 15) is 4.79 Å². The van der Waals surface area contributed by atoms with Crippen LogP contribution >= 0.6 is 11.8 Å². The summed E-state index contributed by atoms with van der Waals surface area (Å²) in [7, 11) is 0. The van der Waals surface area contributed by atoms with E-state index in [1.165, 1.54) is 18.6 Å². The number of cyclic esters (lactones) is 1. The lowest BCUT2D eigenvalue weighted by molar-refractivity contribution is -0.139. The van der Waals surface area contributed by atoms with Gasteiger partial charge < -0.3 is 10.1 Å². The number of hydrogen-bond donors (Lipinski definition) is 1. The molecule has 2 heterocycles. The Morgan fingerprint density at radius 1 is 1.64 bits per heavy atom. The molecule has 4 heteroatoms. The van der Waals surface area contributed by atoms with Crippen LogP contribution in [0.25, 0.3) is 0 Å². The highest BCUT2D eigenvalue weighted by Gasteiger charge is 2.33. The molecule has 3 unspecified atom stereocenters. The van der Waals surface area contributed by atoms with Crippen molar-refractivity contribution in [1.82, 2.24) is 5.32 Å². The summed E-state index contributed by atoms with van der Waals surface area (Å²) in [5.74, 6) is 1.53. The molecule has 2 aliphatic heterocycles. The minimum absolute atomic E-state index is 0.0591. The van der Waals surface area contributed by atoms with Crippen molar-refractivity contribution in [2.24, 2.45) is 5.92 Å². The van der Waals surface area contributed by atoms with Gasteiger partial charge in [0.2, 0.25) is 0 Å². The van der Waals surface area contributed by atoms with Gasteiger partial charge in [-0.3, -0.25) is 4.79 Å². The number of carbonyl (C=O) groups excluding carboxylic acids is 1. The Morgan fingerprint density at radius 2 is 2.50 bits per heavy atom. The summed E-state index contributed by atoms with van der Waals surface area (Å²) >= 11 is 2.01. The molecule has 2 saturated heterocycles. The van der Waals surface area contributed by atoms with Gasteiger partial charge >= 0.3 is 5.97 Å². The summed E-state index contributed by atoms with van der Waals surface area (Å²) in [4.78, 5) is 11.3. The number of nitrogens with one attached hydrogen (secondary N) is 1. The Balaban J connectivity index is 1.76. The van der Waals surface area contributed by atoms with E-state index in [-0.39, 0.29) is 12.0 Å². The fraction of sp³-hybridized carbons (Fsp3) is 0.900. The molecule has 0 spiro atoms. The van der Waals surface area contributed by atoms with Gasteiger partial charge in [0.25, 0.3) is 0 Å². The second-order valence-electron chi connectivity index (χ2n) is 4.13. The highest BCUT2D eigenvalue weighted by Crippen LogP contribution is 2.26. The molecule has 2 fully saturated rings. The van der Waals surface area contributed by atoms with Gasteiger partial charge in [0.1, 0.15) is 6.04 Å². The normalized spacial score (nSPS) is 37.5. The molecule has 0 aromatic rings. The standard InChI is InChI=1S/C10H17NO2S/c1-7-6-13-10(12)9(7)11-5-8-3-2-4-14-8/h7-9,11H,2-6H2,1H3. The minimum atomic E-state index is -0.0690. The third-order valence-corrected chi connectivity index (χ3v) is 4.30. The average Bonchev–Trinajstić information content (AvgIpc) is 2.76. The zero-order valence-corrected chi connectivity index (χ0v) is 9.31. The average molecular weight is 215 g/mol. The van der Waals surface area contributed by atoms with Crippen LogP contribution in [0.2, 0.25) is 0 Å². The van der Waals surface area contributed by atoms with E-state index >= 15 is 0 Å². The van der Waals surface area contributed by atoms with Crippen LogP contribution in [0.4, 0.5) is 0 Å². The lowest BCUT2D eigenvalue weighted by atomic mass is 10.1. The van der Waals surface area contributed by atoms with Crippen molar-refractivity contribution in [3.63, 3.8) is 0 Å². The number of ether oxygens (including phenoxy) is 1. The van der Waals surface area contributed by atoms with Crippen LogP contribution in [0.5, 0.6) is 0 Å². The summed E-state index contributed by atoms with van der Waals surface area (Å²) in [5, 5.41) is 4.03. The zero-order valence-electron chi connectivity index (χ0n) is 8.49. The van der Waals surface area contributed by atoms with Gasteiger partial charge in [0.05, 0.1) is 6.61 Å². The van der Waals surface area contributed by atoms with E-state index in [1.807, 2.05) is 11.8 Å². The van der Waals surface area contributed by atoms with Crippen LogP contribution in [0.15, 0.2) is 0 Å². The zero-order chi connectivity index (χ0) is 9.97. The van der Waals surface area contributed by atoms with Crippen molar-refractivity contribution in [3.8, 4) is 0 Å². The SMILES string of the molecule is CC1COC(=O)C1NCC1CCCS1. The first-order valence-corrected chi connectivity index (χ1v) is 6.34. The lowest BCUT2D eigenvalue weighted by Crippen LogP contribution is -2.40. The van der Waals surface area contributed by atoms with Crippen LogP contribution in [-0.4, -0.2) is 36.2 Å². The van der Waals surface area contributed by atoms with Gasteiger partial charge in [-0.2, -0.15) is 11.8 Å². The first kappa shape index (κ1) is 10.3. The first-order valence-electron chi connectivity index (χ1n) is 5.29. The summed E-state index contributed by atoms with van der Waals surface area (Å²) in [6.07, 6.45) is 2.61. The Kier molecular flexibility index (Phi) is 3.34. The van der Waals surface area contributed by atoms with E-state index in [1.54, 1.807) is 0 Å². The monoisotopic (exact) mass is 215 g/mol. The Morgan fingerprint density at radius 3 is 3.07 bits per heavy atom. The molecule has 14 heavy (non-hydrogen) atoms. The maximum atomic E-state index is 11.3. The minimum Gasteiger partial charge on any atom is -0.464 e. The van der Waals surface area contributed by atoms with E-state index in [0.29, 0.717) is 17.8 Å². The van der Waals surface area contributed by atoms with Gasteiger partial charge in [-0.1, -0.05) is 6.92 Å². The molecule has 0 aromatic heterocycles. The van der Waals surface area contributed by atoms with Crippen LogP contribution in [0, 0.1) is 5.92 Å². The molecule has 0 aliphatic carbocycles. The van der Waals surface area contributed by atoms with Crippen molar-refractivity contribution >= 4 is 17.7 Å². The molecular weight excluding hydrogens is 198 g/mol. The fourth-order valence-corrected chi connectivity index (χ4v) is 3.19. The molecule has 0 radical (unpaired) electrons. The Labute approximate surface area is 89.0 Å². The molecule has 2 rings (SSSR count). The van der Waals surface area contributed by atoms with Gasteiger partial charge in [-0.15, -0.1) is 0 Å². The number of hydrogen-bond acceptors (Lipinski definition) is 4. The molecule has 3 nitrogen and oxygen atoms in total. The van der Waals surface area contributed by atoms with Gasteiger partial charge in [0, 0.05) is 17.7 Å². The predicted octanol–water partition coefficient (Wildman–Crippen LogP) is 1.03. The summed E-state index contributed by atoms with van der Waals surface area (Å²) in [6.45, 7) is 3.59. The van der Waals surface area contributed by atoms with E-state index in [0.717, 1.165) is 6.54 Å². The molecule has 0 amide bonds. The number of thioether (sulfide) groups is 1. The highest BCUT2D eigenvalue weighted by atomic mass is 32.2. The largest absolute Gasteiger partial charge is 0.464 e. The second-order valence-corrected chi connectivity index (χ2v) is 5.54. The fourth-order valence-electron chi connectivity index (χ4n) is 1.98. The number of carbonyl (C=O) groups is 1. The maximum absolute atomic E-state index is 11.3. The topological polar surface area (TPSA) is 38.3 Å². The van der Waals surface area contributed by atoms with E-state index < -0.39 is 0 Å². The van der Waals surface area contributed by atoms with Gasteiger partial charge in [0.15, 0.2) is 0 Å². The molecule has 2 aliphatic rings. The summed E-state index contributed by atoms with van der Waals surface area (Å²) in [6, 6.07) is -0.0591. The third kappa shape index (κ3) is 2.23. The van der Waals surface area contributed by atoms with Crippen molar-refractivity contribution in [1.29, 1.82) is 0 Å². The van der Waals surface area contributed by atoms with Crippen LogP contribution in [0.1, 0.15) is 19.8 Å². The van der Waals surface area contributed by atoms with E-state index in [2.05, 4.69) is 12.2 Å². The smallest absolute Gasteiger partial charge is 0.323 e. The van der Waals surface area contributed by atoms with Crippen molar-refractivity contribution < 1.29 is 9.53 Å². The van der Waals surface area contributed by atoms with Crippen LogP contribution in [-0.2, 0) is 9.53 Å².